The van der Waals surface area contributed by atoms with Crippen LogP contribution < -0.4 is 51.4 Å². The number of carbonyl (C=O) groups is 2. The largest absolute Gasteiger partial charge is 1.00 e. The van der Waals surface area contributed by atoms with Crippen LogP contribution in [-0.2, 0) is 38.7 Å². The zero-order valence-corrected chi connectivity index (χ0v) is 23.4. The van der Waals surface area contributed by atoms with Gasteiger partial charge in [-0.15, -0.1) is 0 Å². The van der Waals surface area contributed by atoms with Gasteiger partial charge in [-0.05, 0) is 26.7 Å². The maximum absolute atomic E-state index is 11.7. The third-order valence-electron chi connectivity index (χ3n) is 3.99. The van der Waals surface area contributed by atoms with Gasteiger partial charge in [-0.3, -0.25) is 9.59 Å². The SMILES string of the molecule is CCC(C)(C)C(=O)OCCOCOCCSCC(C)C(=O)OCCCS(=O)(=O)[O-].[K+]. The number of esters is 2. The summed E-state index contributed by atoms with van der Waals surface area (Å²) >= 11 is 1.51. The Morgan fingerprint density at radius 2 is 1.70 bits per heavy atom. The molecule has 30 heavy (non-hydrogen) atoms. The molecule has 0 heterocycles. The van der Waals surface area contributed by atoms with E-state index in [1.54, 1.807) is 6.92 Å². The van der Waals surface area contributed by atoms with Gasteiger partial charge in [0.15, 0.2) is 0 Å². The first kappa shape index (κ1) is 32.9. The third-order valence-corrected chi connectivity index (χ3v) is 5.97. The van der Waals surface area contributed by atoms with Crippen LogP contribution in [0.4, 0.5) is 0 Å². The Morgan fingerprint density at radius 3 is 2.30 bits per heavy atom. The van der Waals surface area contributed by atoms with Gasteiger partial charge in [0.1, 0.15) is 13.4 Å². The molecule has 0 spiro atoms. The normalized spacial score (nSPS) is 12.7. The van der Waals surface area contributed by atoms with Crippen LogP contribution in [0, 0.1) is 11.3 Å². The fourth-order valence-corrected chi connectivity index (χ4v) is 3.07. The van der Waals surface area contributed by atoms with Gasteiger partial charge in [-0.25, -0.2) is 8.42 Å². The summed E-state index contributed by atoms with van der Waals surface area (Å²) in [7, 11) is -4.28. The Hall–Kier alpha value is 0.756. The molecule has 1 atom stereocenters. The van der Waals surface area contributed by atoms with Gasteiger partial charge in [0.2, 0.25) is 0 Å². The van der Waals surface area contributed by atoms with Gasteiger partial charge in [0.05, 0.1) is 41.3 Å². The van der Waals surface area contributed by atoms with E-state index >= 15 is 0 Å². The van der Waals surface area contributed by atoms with E-state index in [-0.39, 0.29) is 96.3 Å². The first-order valence-electron chi connectivity index (χ1n) is 9.50. The monoisotopic (exact) mass is 496 g/mol. The van der Waals surface area contributed by atoms with Crippen molar-refractivity contribution in [2.75, 3.05) is 50.5 Å². The van der Waals surface area contributed by atoms with Crippen molar-refractivity contribution < 1.29 is 92.9 Å². The van der Waals surface area contributed by atoms with Crippen molar-refractivity contribution in [3.05, 3.63) is 0 Å². The van der Waals surface area contributed by atoms with Gasteiger partial charge in [0.25, 0.3) is 0 Å². The molecule has 0 aromatic rings. The second-order valence-corrected chi connectivity index (χ2v) is 9.74. The summed E-state index contributed by atoms with van der Waals surface area (Å²) in [6.45, 7) is 8.20. The molecule has 0 rings (SSSR count). The van der Waals surface area contributed by atoms with Gasteiger partial charge >= 0.3 is 63.3 Å². The summed E-state index contributed by atoms with van der Waals surface area (Å²) in [6.07, 6.45) is 0.705. The molecule has 0 saturated heterocycles. The van der Waals surface area contributed by atoms with Crippen molar-refractivity contribution in [2.45, 2.75) is 40.5 Å². The van der Waals surface area contributed by atoms with E-state index in [0.29, 0.717) is 24.5 Å². The van der Waals surface area contributed by atoms with Gasteiger partial charge < -0.3 is 23.5 Å². The molecule has 172 valence electrons. The summed E-state index contributed by atoms with van der Waals surface area (Å²) in [6, 6.07) is 0. The topological polar surface area (TPSA) is 128 Å². The van der Waals surface area contributed by atoms with Crippen molar-refractivity contribution in [3.8, 4) is 0 Å². The van der Waals surface area contributed by atoms with Crippen molar-refractivity contribution in [3.63, 3.8) is 0 Å². The molecule has 0 N–H and O–H groups in total. The molecule has 0 aliphatic carbocycles. The number of rotatable bonds is 17. The fourth-order valence-electron chi connectivity index (χ4n) is 1.71. The second kappa shape index (κ2) is 18.2. The van der Waals surface area contributed by atoms with E-state index in [1.807, 2.05) is 20.8 Å². The second-order valence-electron chi connectivity index (χ2n) is 7.07. The minimum absolute atomic E-state index is 0. The maximum atomic E-state index is 11.7. The minimum atomic E-state index is -4.28. The summed E-state index contributed by atoms with van der Waals surface area (Å²) in [5, 5.41) is 0. The van der Waals surface area contributed by atoms with Crippen LogP contribution in [0.2, 0.25) is 0 Å². The molecular weight excluding hydrogens is 463 g/mol. The molecule has 0 aliphatic rings. The Kier molecular flexibility index (Phi) is 20.0. The van der Waals surface area contributed by atoms with Crippen LogP contribution in [0.25, 0.3) is 0 Å². The van der Waals surface area contributed by atoms with Gasteiger partial charge in [-0.1, -0.05) is 13.8 Å². The maximum Gasteiger partial charge on any atom is 1.00 e. The molecule has 9 nitrogen and oxygen atoms in total. The molecule has 0 aromatic carbocycles. The molecule has 0 aromatic heterocycles. The number of carbonyl (C=O) groups excluding carboxylic acids is 2. The smallest absolute Gasteiger partial charge is 0.748 e. The first-order chi connectivity index (χ1) is 13.5. The predicted octanol–water partition coefficient (Wildman–Crippen LogP) is -1.19. The third kappa shape index (κ3) is 18.3. The first-order valence-corrected chi connectivity index (χ1v) is 12.2. The van der Waals surface area contributed by atoms with E-state index < -0.39 is 27.3 Å². The standard InChI is InChI=1S/C18H34O9S2.K/c1-5-18(3,4)17(20)27-9-8-24-14-25-10-11-28-13-15(2)16(19)26-7-6-12-29(21,22)23;/h15H,5-14H2,1-4H3,(H,21,22,23);/q;+1/p-1. The van der Waals surface area contributed by atoms with Crippen molar-refractivity contribution in [1.82, 2.24) is 0 Å². The van der Waals surface area contributed by atoms with Crippen molar-refractivity contribution >= 4 is 33.8 Å². The van der Waals surface area contributed by atoms with Crippen molar-refractivity contribution in [2.24, 2.45) is 11.3 Å². The van der Waals surface area contributed by atoms with Crippen LogP contribution in [-0.4, -0.2) is 75.4 Å². The molecular formula is C18H33KO9S2. The van der Waals surface area contributed by atoms with E-state index in [0.717, 1.165) is 0 Å². The van der Waals surface area contributed by atoms with Crippen LogP contribution in [0.1, 0.15) is 40.5 Å². The van der Waals surface area contributed by atoms with Crippen LogP contribution in [0.3, 0.4) is 0 Å². The number of hydrogen-bond acceptors (Lipinski definition) is 10. The Labute approximate surface area is 226 Å². The summed E-state index contributed by atoms with van der Waals surface area (Å²) < 4.78 is 51.9. The van der Waals surface area contributed by atoms with Crippen molar-refractivity contribution in [1.29, 1.82) is 0 Å². The molecule has 0 radical (unpaired) electrons. The quantitative estimate of drug-likeness (QED) is 0.0797. The number of hydrogen-bond donors (Lipinski definition) is 0. The van der Waals surface area contributed by atoms with E-state index in [1.165, 1.54) is 11.8 Å². The average Bonchev–Trinajstić information content (AvgIpc) is 2.65. The van der Waals surface area contributed by atoms with E-state index in [9.17, 15) is 22.6 Å². The summed E-state index contributed by atoms with van der Waals surface area (Å²) in [4.78, 5) is 23.5. The molecule has 0 bridgehead atoms. The fraction of sp³-hybridized carbons (Fsp3) is 0.889. The van der Waals surface area contributed by atoms with E-state index in [4.69, 9.17) is 18.9 Å². The minimum Gasteiger partial charge on any atom is -0.748 e. The van der Waals surface area contributed by atoms with Crippen LogP contribution in [0.5, 0.6) is 0 Å². The summed E-state index contributed by atoms with van der Waals surface area (Å²) in [5.41, 5.74) is -0.491. The number of thioether (sulfide) groups is 1. The Bertz CT molecular complexity index is 582. The Morgan fingerprint density at radius 1 is 1.07 bits per heavy atom. The van der Waals surface area contributed by atoms with Gasteiger partial charge in [-0.2, -0.15) is 11.8 Å². The van der Waals surface area contributed by atoms with Crippen LogP contribution in [0.15, 0.2) is 0 Å². The molecule has 1 unspecified atom stereocenters. The zero-order valence-electron chi connectivity index (χ0n) is 18.6. The van der Waals surface area contributed by atoms with Crippen LogP contribution >= 0.6 is 11.8 Å². The molecule has 12 heteroatoms. The summed E-state index contributed by atoms with van der Waals surface area (Å²) in [5.74, 6) is -0.361. The van der Waals surface area contributed by atoms with Gasteiger partial charge in [0, 0.05) is 17.3 Å². The zero-order chi connectivity index (χ0) is 22.3. The molecule has 0 amide bonds. The predicted molar refractivity (Wildman–Crippen MR) is 108 cm³/mol. The Balaban J connectivity index is 0. The van der Waals surface area contributed by atoms with E-state index in [2.05, 4.69) is 0 Å². The average molecular weight is 497 g/mol. The molecule has 0 aliphatic heterocycles. The molecule has 0 saturated carbocycles. The molecule has 0 fully saturated rings. The number of ether oxygens (including phenoxy) is 4.